The largest absolute Gasteiger partial charge is 0.495 e. The summed E-state index contributed by atoms with van der Waals surface area (Å²) in [4.78, 5) is 44.7. The van der Waals surface area contributed by atoms with Crippen LogP contribution in [0.15, 0.2) is 82.8 Å². The number of rotatable bonds is 9. The molecule has 0 radical (unpaired) electrons. The van der Waals surface area contributed by atoms with Gasteiger partial charge in [-0.2, -0.15) is 0 Å². The number of nitrogens with one attached hydrogen (secondary N) is 2. The molecule has 226 valence electrons. The Labute approximate surface area is 258 Å². The summed E-state index contributed by atoms with van der Waals surface area (Å²) in [5.74, 6) is 1.00. The van der Waals surface area contributed by atoms with Crippen molar-refractivity contribution in [3.05, 3.63) is 116 Å². The number of ether oxygens (including phenoxy) is 2. The Morgan fingerprint density at radius 1 is 1.11 bits per heavy atom. The Kier molecular flexibility index (Phi) is 7.65. The van der Waals surface area contributed by atoms with E-state index in [2.05, 4.69) is 22.2 Å². The van der Waals surface area contributed by atoms with E-state index in [0.29, 0.717) is 35.7 Å². The molecule has 1 aliphatic carbocycles. The fraction of sp³-hybridized carbons (Fsp3) is 0.273. The number of halogens is 1. The molecule has 1 spiro atoms. The van der Waals surface area contributed by atoms with Crippen molar-refractivity contribution >= 4 is 29.0 Å². The molecule has 10 nitrogen and oxygen atoms in total. The highest BCUT2D eigenvalue weighted by atomic mass is 35.5. The second-order valence-electron chi connectivity index (χ2n) is 11.3. The number of carbonyl (C=O) groups excluding carboxylic acids is 1. The Bertz CT molecular complexity index is 1930. The van der Waals surface area contributed by atoms with Crippen LogP contribution in [0.5, 0.6) is 5.75 Å². The van der Waals surface area contributed by atoms with Gasteiger partial charge in [-0.25, -0.2) is 9.78 Å². The second kappa shape index (κ2) is 11.4. The lowest BCUT2D eigenvalue weighted by atomic mass is 9.79. The van der Waals surface area contributed by atoms with Crippen LogP contribution in [0, 0.1) is 0 Å². The van der Waals surface area contributed by atoms with Crippen LogP contribution in [0.25, 0.3) is 11.1 Å². The minimum absolute atomic E-state index is 0.0366. The maximum Gasteiger partial charge on any atom is 0.331 e. The molecule has 1 amide bonds. The molecule has 3 heterocycles. The van der Waals surface area contributed by atoms with Crippen LogP contribution in [-0.2, 0) is 34.3 Å². The smallest absolute Gasteiger partial charge is 0.331 e. The molecule has 0 saturated carbocycles. The molecule has 1 aliphatic heterocycles. The van der Waals surface area contributed by atoms with Gasteiger partial charge >= 0.3 is 5.69 Å². The zero-order valence-electron chi connectivity index (χ0n) is 24.6. The number of allylic oxidation sites excluding steroid dienone is 1. The molecule has 6 rings (SSSR count). The minimum Gasteiger partial charge on any atom is -0.495 e. The number of anilines is 2. The lowest BCUT2D eigenvalue weighted by molar-refractivity contribution is -0.120. The summed E-state index contributed by atoms with van der Waals surface area (Å²) in [6.45, 7) is 6.16. The number of carbonyl (C=O) groups is 1. The van der Waals surface area contributed by atoms with Gasteiger partial charge in [0.15, 0.2) is 0 Å². The minimum atomic E-state index is -0.667. The van der Waals surface area contributed by atoms with Crippen LogP contribution in [0.3, 0.4) is 0 Å². The van der Waals surface area contributed by atoms with Gasteiger partial charge in [-0.05, 0) is 55.2 Å². The molecule has 11 heteroatoms. The van der Waals surface area contributed by atoms with E-state index in [4.69, 9.17) is 21.1 Å². The van der Waals surface area contributed by atoms with Gasteiger partial charge in [0.1, 0.15) is 11.6 Å². The third-order valence-electron chi connectivity index (χ3n) is 8.37. The fourth-order valence-corrected chi connectivity index (χ4v) is 6.60. The van der Waals surface area contributed by atoms with Crippen LogP contribution in [0.1, 0.15) is 29.7 Å². The van der Waals surface area contributed by atoms with Gasteiger partial charge in [-0.15, -0.1) is 0 Å². The molecule has 0 fully saturated rings. The number of fused-ring (bicyclic) bond motifs is 3. The van der Waals surface area contributed by atoms with Gasteiger partial charge in [-0.1, -0.05) is 42.4 Å². The summed E-state index contributed by atoms with van der Waals surface area (Å²) >= 11 is 6.60. The fourth-order valence-electron chi connectivity index (χ4n) is 6.29. The van der Waals surface area contributed by atoms with Crippen LogP contribution >= 0.6 is 11.6 Å². The Hall–Kier alpha value is -4.67. The maximum atomic E-state index is 13.6. The van der Waals surface area contributed by atoms with Gasteiger partial charge in [0, 0.05) is 42.0 Å². The Morgan fingerprint density at radius 2 is 1.91 bits per heavy atom. The maximum absolute atomic E-state index is 13.6. The number of hydrogen-bond acceptors (Lipinski definition) is 7. The van der Waals surface area contributed by atoms with Crippen molar-refractivity contribution in [2.24, 2.45) is 0 Å². The highest BCUT2D eigenvalue weighted by Gasteiger charge is 2.51. The summed E-state index contributed by atoms with van der Waals surface area (Å²) < 4.78 is 13.2. The van der Waals surface area contributed by atoms with E-state index in [0.717, 1.165) is 22.4 Å². The van der Waals surface area contributed by atoms with Crippen LogP contribution in [-0.4, -0.2) is 40.9 Å². The van der Waals surface area contributed by atoms with Gasteiger partial charge in [0.05, 0.1) is 42.3 Å². The van der Waals surface area contributed by atoms with E-state index in [-0.39, 0.29) is 29.6 Å². The predicted octanol–water partition coefficient (Wildman–Crippen LogP) is 4.56. The van der Waals surface area contributed by atoms with Crippen molar-refractivity contribution in [1.29, 1.82) is 0 Å². The Balaban J connectivity index is 1.30. The molecule has 4 aromatic rings. The first-order chi connectivity index (χ1) is 21.2. The van der Waals surface area contributed by atoms with Crippen molar-refractivity contribution in [3.8, 4) is 16.9 Å². The normalized spacial score (nSPS) is 17.2. The monoisotopic (exact) mass is 613 g/mol. The van der Waals surface area contributed by atoms with Crippen molar-refractivity contribution < 1.29 is 14.3 Å². The highest BCUT2D eigenvalue weighted by molar-refractivity contribution is 6.34. The molecule has 2 aromatic carbocycles. The highest BCUT2D eigenvalue weighted by Crippen LogP contribution is 2.47. The predicted molar refractivity (Wildman–Crippen MR) is 170 cm³/mol. The number of amides is 1. The van der Waals surface area contributed by atoms with E-state index in [1.165, 1.54) is 29.6 Å². The number of methoxy groups -OCH3 is 2. The molecule has 44 heavy (non-hydrogen) atoms. The van der Waals surface area contributed by atoms with Crippen molar-refractivity contribution in [2.45, 2.75) is 37.8 Å². The van der Waals surface area contributed by atoms with E-state index in [9.17, 15) is 14.4 Å². The van der Waals surface area contributed by atoms with Crippen molar-refractivity contribution in [3.63, 3.8) is 0 Å². The van der Waals surface area contributed by atoms with E-state index < -0.39 is 22.7 Å². The third kappa shape index (κ3) is 4.89. The van der Waals surface area contributed by atoms with E-state index in [1.54, 1.807) is 31.3 Å². The van der Waals surface area contributed by atoms with E-state index >= 15 is 0 Å². The van der Waals surface area contributed by atoms with Crippen LogP contribution < -0.4 is 26.6 Å². The zero-order valence-corrected chi connectivity index (χ0v) is 25.4. The molecule has 2 aliphatic rings. The lowest BCUT2D eigenvalue weighted by Gasteiger charge is -2.20. The molecule has 0 bridgehead atoms. The SMILES string of the molecule is C=C(Cn1cc(-c2cccc(OC)c2Cl)c(=O)n([C@H](C)COC)c1=O)Nc1ccc2c(c1)C[C@@]1(C2)C(=O)Nc2ncccc21. The molecule has 0 unspecified atom stereocenters. The standard InChI is InChI=1S/C33H32ClN5O5/c1-19(36-23-11-10-21-14-33(15-22(21)13-23)26-8-6-12-35-29(26)37-31(33)41)16-38-17-25(24-7-5-9-27(44-4)28(24)34)30(40)39(32(38)42)20(2)18-43-3/h5-13,17,20,36H,1,14-16,18H2,2-4H3,(H,35,37,41)/t20-,33-/m1/s1. The van der Waals surface area contributed by atoms with Gasteiger partial charge in [0.25, 0.3) is 5.56 Å². The summed E-state index contributed by atoms with van der Waals surface area (Å²) in [6.07, 6.45) is 4.34. The first kappa shape index (κ1) is 29.4. The summed E-state index contributed by atoms with van der Waals surface area (Å²) in [6, 6.07) is 14.4. The first-order valence-corrected chi connectivity index (χ1v) is 14.6. The van der Waals surface area contributed by atoms with Crippen molar-refractivity contribution in [1.82, 2.24) is 14.1 Å². The van der Waals surface area contributed by atoms with Crippen molar-refractivity contribution in [2.75, 3.05) is 31.5 Å². The van der Waals surface area contributed by atoms with Gasteiger partial charge in [-0.3, -0.25) is 18.7 Å². The average Bonchev–Trinajstić information content (AvgIpc) is 3.51. The zero-order chi connectivity index (χ0) is 31.2. The molecule has 2 N–H and O–H groups in total. The number of pyridine rings is 1. The number of nitrogens with zero attached hydrogens (tertiary/aromatic N) is 3. The first-order valence-electron chi connectivity index (χ1n) is 14.2. The average molecular weight is 614 g/mol. The van der Waals surface area contributed by atoms with E-state index in [1.807, 2.05) is 30.3 Å². The quantitative estimate of drug-likeness (QED) is 0.284. The Morgan fingerprint density at radius 3 is 2.68 bits per heavy atom. The number of benzene rings is 2. The molecular weight excluding hydrogens is 582 g/mol. The third-order valence-corrected chi connectivity index (χ3v) is 8.76. The summed E-state index contributed by atoms with van der Waals surface area (Å²) in [5, 5.41) is 6.51. The second-order valence-corrected chi connectivity index (χ2v) is 11.6. The molecule has 0 saturated heterocycles. The van der Waals surface area contributed by atoms with Crippen LogP contribution in [0.4, 0.5) is 11.5 Å². The van der Waals surface area contributed by atoms with Gasteiger partial charge in [0.2, 0.25) is 5.91 Å². The van der Waals surface area contributed by atoms with Crippen LogP contribution in [0.2, 0.25) is 5.02 Å². The number of aromatic nitrogens is 3. The lowest BCUT2D eigenvalue weighted by Crippen LogP contribution is -2.43. The number of hydrogen-bond donors (Lipinski definition) is 2. The molecule has 2 aromatic heterocycles. The summed E-state index contributed by atoms with van der Waals surface area (Å²) in [5.41, 5.74) is 3.43. The van der Waals surface area contributed by atoms with Gasteiger partial charge < -0.3 is 20.1 Å². The topological polar surface area (TPSA) is 116 Å². The molecule has 2 atom stereocenters. The summed E-state index contributed by atoms with van der Waals surface area (Å²) in [7, 11) is 3.01. The molecular formula is C33H32ClN5O5.